The molecule has 11 heteroatoms. The maximum atomic E-state index is 13.4. The van der Waals surface area contributed by atoms with Crippen molar-refractivity contribution < 1.29 is 32.7 Å². The average molecular weight is 478 g/mol. The Morgan fingerprint density at radius 1 is 1.18 bits per heavy atom. The van der Waals surface area contributed by atoms with Gasteiger partial charge in [-0.15, -0.1) is 0 Å². The molecule has 0 radical (unpaired) electrons. The second-order valence-corrected chi connectivity index (χ2v) is 7.88. The van der Waals surface area contributed by atoms with Crippen molar-refractivity contribution in [1.29, 1.82) is 0 Å². The number of hydrogen-bond acceptors (Lipinski definition) is 5. The Labute approximate surface area is 194 Å². The van der Waals surface area contributed by atoms with E-state index in [1.165, 1.54) is 11.8 Å². The van der Waals surface area contributed by atoms with E-state index in [0.717, 1.165) is 5.56 Å². The Bertz CT molecular complexity index is 1060. The molecular formula is C23H25F3N4O4. The van der Waals surface area contributed by atoms with Crippen molar-refractivity contribution in [3.05, 3.63) is 48.2 Å². The van der Waals surface area contributed by atoms with Gasteiger partial charge in [0.25, 0.3) is 0 Å². The second kappa shape index (κ2) is 10.6. The van der Waals surface area contributed by atoms with Gasteiger partial charge in [0.1, 0.15) is 11.9 Å². The summed E-state index contributed by atoms with van der Waals surface area (Å²) >= 11 is 0. The summed E-state index contributed by atoms with van der Waals surface area (Å²) in [5.74, 6) is -2.32. The van der Waals surface area contributed by atoms with E-state index in [2.05, 4.69) is 15.6 Å². The molecule has 1 aromatic carbocycles. The van der Waals surface area contributed by atoms with Crippen molar-refractivity contribution >= 4 is 23.5 Å². The minimum Gasteiger partial charge on any atom is -0.395 e. The SMILES string of the molecule is C[C@H](NC(=O)CCC(F)(F)F)C(=O)NC[C@@H]1C(=O)N(CCO)c2ncccc2-c2ccccc21. The molecule has 182 valence electrons. The van der Waals surface area contributed by atoms with Crippen molar-refractivity contribution in [3.8, 4) is 11.1 Å². The quantitative estimate of drug-likeness (QED) is 0.538. The van der Waals surface area contributed by atoms with Crippen LogP contribution >= 0.6 is 0 Å². The van der Waals surface area contributed by atoms with Gasteiger partial charge in [-0.25, -0.2) is 4.98 Å². The zero-order valence-corrected chi connectivity index (χ0v) is 18.4. The van der Waals surface area contributed by atoms with Crippen LogP contribution in [-0.2, 0) is 14.4 Å². The van der Waals surface area contributed by atoms with Gasteiger partial charge in [-0.05, 0) is 30.2 Å². The van der Waals surface area contributed by atoms with Gasteiger partial charge >= 0.3 is 6.18 Å². The second-order valence-electron chi connectivity index (χ2n) is 7.88. The molecule has 2 heterocycles. The van der Waals surface area contributed by atoms with Crippen LogP contribution in [0.5, 0.6) is 0 Å². The molecule has 1 aliphatic heterocycles. The monoisotopic (exact) mass is 478 g/mol. The molecule has 34 heavy (non-hydrogen) atoms. The van der Waals surface area contributed by atoms with Crippen molar-refractivity contribution in [3.63, 3.8) is 0 Å². The van der Waals surface area contributed by atoms with Gasteiger partial charge in [-0.1, -0.05) is 24.3 Å². The number of fused-ring (bicyclic) bond motifs is 3. The van der Waals surface area contributed by atoms with E-state index in [1.807, 2.05) is 18.2 Å². The number of nitrogens with one attached hydrogen (secondary N) is 2. The molecule has 2 aromatic rings. The van der Waals surface area contributed by atoms with Crippen LogP contribution in [0.15, 0.2) is 42.6 Å². The summed E-state index contributed by atoms with van der Waals surface area (Å²) in [4.78, 5) is 43.4. The molecular weight excluding hydrogens is 453 g/mol. The molecule has 8 nitrogen and oxygen atoms in total. The number of alkyl halides is 3. The first kappa shape index (κ1) is 25.2. The number of benzene rings is 1. The highest BCUT2D eigenvalue weighted by molar-refractivity contribution is 6.04. The number of carbonyl (C=O) groups is 3. The lowest BCUT2D eigenvalue weighted by Crippen LogP contribution is -2.47. The zero-order valence-electron chi connectivity index (χ0n) is 18.4. The lowest BCUT2D eigenvalue weighted by molar-refractivity contribution is -0.144. The van der Waals surface area contributed by atoms with Crippen LogP contribution in [-0.4, -0.2) is 59.7 Å². The maximum absolute atomic E-state index is 13.4. The van der Waals surface area contributed by atoms with Gasteiger partial charge in [0.05, 0.1) is 25.5 Å². The van der Waals surface area contributed by atoms with E-state index in [-0.39, 0.29) is 25.6 Å². The number of rotatable bonds is 8. The lowest BCUT2D eigenvalue weighted by atomic mass is 9.91. The first-order chi connectivity index (χ1) is 16.1. The fraction of sp³-hybridized carbons (Fsp3) is 0.391. The predicted molar refractivity (Wildman–Crippen MR) is 118 cm³/mol. The van der Waals surface area contributed by atoms with Crippen molar-refractivity contribution in [1.82, 2.24) is 15.6 Å². The van der Waals surface area contributed by atoms with Crippen LogP contribution in [0, 0.1) is 0 Å². The summed E-state index contributed by atoms with van der Waals surface area (Å²) < 4.78 is 36.9. The minimum absolute atomic E-state index is 0.00689. The smallest absolute Gasteiger partial charge is 0.389 e. The van der Waals surface area contributed by atoms with E-state index in [0.29, 0.717) is 16.9 Å². The Kier molecular flexibility index (Phi) is 7.87. The summed E-state index contributed by atoms with van der Waals surface area (Å²) in [7, 11) is 0. The molecule has 3 rings (SSSR count). The summed E-state index contributed by atoms with van der Waals surface area (Å²) in [6.45, 7) is 0.944. The molecule has 3 N–H and O–H groups in total. The van der Waals surface area contributed by atoms with E-state index in [9.17, 15) is 32.7 Å². The number of hydrogen-bond donors (Lipinski definition) is 3. The van der Waals surface area contributed by atoms with Crippen LogP contribution in [0.4, 0.5) is 19.0 Å². The standard InChI is InChI=1S/C23H25F3N4O4/c1-14(29-19(32)8-9-23(24,25)26)21(33)28-13-18-16-6-3-2-5-15(16)17-7-4-10-27-20(17)30(11-12-31)22(18)34/h2-7,10,14,18,31H,8-9,11-13H2,1H3,(H,28,33)(H,29,32)/t14-,18-/m0/s1. The Morgan fingerprint density at radius 3 is 2.59 bits per heavy atom. The summed E-state index contributed by atoms with van der Waals surface area (Å²) in [6.07, 6.45) is -4.99. The average Bonchev–Trinajstić information content (AvgIpc) is 2.89. The number of β-amino-alcohol motifs (C(OH)–C–C–N with tert-alkyl or cyclic N) is 1. The number of amides is 3. The first-order valence-electron chi connectivity index (χ1n) is 10.7. The molecule has 0 fully saturated rings. The number of nitrogens with zero attached hydrogens (tertiary/aromatic N) is 2. The lowest BCUT2D eigenvalue weighted by Gasteiger charge is -2.25. The van der Waals surface area contributed by atoms with Crippen LogP contribution < -0.4 is 15.5 Å². The largest absolute Gasteiger partial charge is 0.395 e. The molecule has 0 aliphatic carbocycles. The van der Waals surface area contributed by atoms with E-state index in [4.69, 9.17) is 0 Å². The number of halogens is 3. The van der Waals surface area contributed by atoms with Crippen LogP contribution in [0.3, 0.4) is 0 Å². The van der Waals surface area contributed by atoms with E-state index in [1.54, 1.807) is 24.4 Å². The van der Waals surface area contributed by atoms with E-state index >= 15 is 0 Å². The fourth-order valence-corrected chi connectivity index (χ4v) is 3.80. The topological polar surface area (TPSA) is 112 Å². The summed E-state index contributed by atoms with van der Waals surface area (Å²) in [5, 5.41) is 14.4. The van der Waals surface area contributed by atoms with E-state index < -0.39 is 42.8 Å². The molecule has 3 amide bonds. The summed E-state index contributed by atoms with van der Waals surface area (Å²) in [6, 6.07) is 9.65. The Morgan fingerprint density at radius 2 is 1.88 bits per heavy atom. The van der Waals surface area contributed by atoms with Gasteiger partial charge < -0.3 is 15.7 Å². The van der Waals surface area contributed by atoms with Crippen LogP contribution in [0.25, 0.3) is 11.1 Å². The molecule has 1 aliphatic rings. The molecule has 0 unspecified atom stereocenters. The highest BCUT2D eigenvalue weighted by Crippen LogP contribution is 2.39. The molecule has 1 aromatic heterocycles. The van der Waals surface area contributed by atoms with Crippen molar-refractivity contribution in [2.24, 2.45) is 0 Å². The zero-order chi connectivity index (χ0) is 24.9. The number of carbonyl (C=O) groups excluding carboxylic acids is 3. The van der Waals surface area contributed by atoms with Gasteiger partial charge in [0, 0.05) is 24.7 Å². The number of aromatic nitrogens is 1. The number of pyridine rings is 1. The molecule has 0 saturated carbocycles. The number of anilines is 1. The van der Waals surface area contributed by atoms with Gasteiger partial charge in [0.2, 0.25) is 17.7 Å². The third-order valence-electron chi connectivity index (χ3n) is 5.44. The van der Waals surface area contributed by atoms with Crippen molar-refractivity contribution in [2.45, 2.75) is 37.9 Å². The van der Waals surface area contributed by atoms with Crippen molar-refractivity contribution in [2.75, 3.05) is 24.6 Å². The third kappa shape index (κ3) is 5.90. The molecule has 2 atom stereocenters. The highest BCUT2D eigenvalue weighted by Gasteiger charge is 2.35. The molecule has 0 saturated heterocycles. The Balaban J connectivity index is 1.77. The van der Waals surface area contributed by atoms with Crippen LogP contribution in [0.2, 0.25) is 0 Å². The van der Waals surface area contributed by atoms with Gasteiger partial charge in [0.15, 0.2) is 0 Å². The Hall–Kier alpha value is -3.47. The number of aliphatic hydroxyl groups is 1. The van der Waals surface area contributed by atoms with Gasteiger partial charge in [-0.3, -0.25) is 19.3 Å². The summed E-state index contributed by atoms with van der Waals surface area (Å²) in [5.41, 5.74) is 2.12. The fourth-order valence-electron chi connectivity index (χ4n) is 3.80. The maximum Gasteiger partial charge on any atom is 0.389 e. The highest BCUT2D eigenvalue weighted by atomic mass is 19.4. The first-order valence-corrected chi connectivity index (χ1v) is 10.7. The minimum atomic E-state index is -4.47. The molecule has 0 bridgehead atoms. The predicted octanol–water partition coefficient (Wildman–Crippen LogP) is 2.13. The van der Waals surface area contributed by atoms with Gasteiger partial charge in [-0.2, -0.15) is 13.2 Å². The normalized spacial score (nSPS) is 16.2. The molecule has 0 spiro atoms. The van der Waals surface area contributed by atoms with Crippen LogP contribution in [0.1, 0.15) is 31.2 Å². The number of aliphatic hydroxyl groups excluding tert-OH is 1. The third-order valence-corrected chi connectivity index (χ3v) is 5.44.